The smallest absolute Gasteiger partial charge is 0.187 e. The van der Waals surface area contributed by atoms with Crippen LogP contribution in [0.15, 0.2) is 0 Å². The van der Waals surface area contributed by atoms with Crippen molar-refractivity contribution in [1.82, 2.24) is 0 Å². The molecule has 3 saturated heterocycles. The van der Waals surface area contributed by atoms with Gasteiger partial charge in [0.2, 0.25) is 0 Å². The van der Waals surface area contributed by atoms with Gasteiger partial charge in [-0.1, -0.05) is 0 Å². The third kappa shape index (κ3) is 2.65. The predicted octanol–water partition coefficient (Wildman–Crippen LogP) is -4.35. The van der Waals surface area contributed by atoms with Crippen molar-refractivity contribution >= 4 is 0 Å². The van der Waals surface area contributed by atoms with Gasteiger partial charge in [-0.05, 0) is 0 Å². The molecule has 3 rings (SSSR count). The van der Waals surface area contributed by atoms with E-state index < -0.39 is 68.0 Å². The third-order valence-electron chi connectivity index (χ3n) is 4.21. The van der Waals surface area contributed by atoms with Crippen LogP contribution in [-0.4, -0.2) is 105 Å². The lowest BCUT2D eigenvalue weighted by Crippen LogP contribution is -2.62. The second-order valence-electron chi connectivity index (χ2n) is 5.66. The van der Waals surface area contributed by atoms with Crippen LogP contribution in [0.3, 0.4) is 0 Å². The van der Waals surface area contributed by atoms with Crippen LogP contribution >= 0.6 is 0 Å². The highest BCUT2D eigenvalue weighted by molar-refractivity contribution is 4.96. The van der Waals surface area contributed by atoms with E-state index in [9.17, 15) is 25.5 Å². The van der Waals surface area contributed by atoms with E-state index in [0.29, 0.717) is 0 Å². The van der Waals surface area contributed by atoms with Gasteiger partial charge < -0.3 is 49.6 Å². The molecule has 2 bridgehead atoms. The molecule has 0 saturated carbocycles. The first-order valence-corrected chi connectivity index (χ1v) is 7.03. The van der Waals surface area contributed by atoms with Gasteiger partial charge in [0.1, 0.15) is 48.8 Å². The molecule has 10 atom stereocenters. The second kappa shape index (κ2) is 6.24. The monoisotopic (exact) mass is 324 g/mol. The Labute approximate surface area is 125 Å². The minimum Gasteiger partial charge on any atom is -0.394 e. The average molecular weight is 324 g/mol. The zero-order valence-corrected chi connectivity index (χ0v) is 11.5. The molecule has 10 heteroatoms. The third-order valence-corrected chi connectivity index (χ3v) is 4.21. The molecule has 0 aromatic heterocycles. The molecule has 0 radical (unpaired) electrons. The lowest BCUT2D eigenvalue weighted by Gasteiger charge is -2.43. The van der Waals surface area contributed by atoms with Gasteiger partial charge in [-0.2, -0.15) is 0 Å². The van der Waals surface area contributed by atoms with Gasteiger partial charge in [0, 0.05) is 0 Å². The maximum atomic E-state index is 10.0. The molecule has 128 valence electrons. The van der Waals surface area contributed by atoms with E-state index >= 15 is 0 Å². The van der Waals surface area contributed by atoms with Crippen molar-refractivity contribution in [3.63, 3.8) is 0 Å². The quantitative estimate of drug-likeness (QED) is 0.299. The summed E-state index contributed by atoms with van der Waals surface area (Å²) in [5.41, 5.74) is 0. The average Bonchev–Trinajstić information content (AvgIpc) is 2.96. The molecule has 0 aromatic carbocycles. The fourth-order valence-electron chi connectivity index (χ4n) is 2.87. The van der Waals surface area contributed by atoms with Gasteiger partial charge in [-0.25, -0.2) is 0 Å². The van der Waals surface area contributed by atoms with Crippen molar-refractivity contribution in [2.24, 2.45) is 0 Å². The van der Waals surface area contributed by atoms with Crippen LogP contribution in [0.2, 0.25) is 0 Å². The van der Waals surface area contributed by atoms with Crippen molar-refractivity contribution in [3.8, 4) is 0 Å². The number of aliphatic hydroxyl groups is 6. The Balaban J connectivity index is 1.71. The molecule has 3 heterocycles. The summed E-state index contributed by atoms with van der Waals surface area (Å²) in [6.07, 6.45) is -12.5. The number of ether oxygens (including phenoxy) is 4. The Hall–Kier alpha value is -0.400. The molecule has 10 nitrogen and oxygen atoms in total. The summed E-state index contributed by atoms with van der Waals surface area (Å²) in [5.74, 6) is 0. The number of aliphatic hydroxyl groups excluding tert-OH is 6. The van der Waals surface area contributed by atoms with Gasteiger partial charge in [0.25, 0.3) is 0 Å². The maximum Gasteiger partial charge on any atom is 0.187 e. The van der Waals surface area contributed by atoms with Crippen LogP contribution < -0.4 is 0 Å². The fourth-order valence-corrected chi connectivity index (χ4v) is 2.87. The summed E-state index contributed by atoms with van der Waals surface area (Å²) in [6, 6.07) is 0. The zero-order valence-electron chi connectivity index (χ0n) is 11.5. The topological polar surface area (TPSA) is 158 Å². The molecular weight excluding hydrogens is 304 g/mol. The zero-order chi connectivity index (χ0) is 16.0. The Kier molecular flexibility index (Phi) is 4.67. The molecule has 3 aliphatic heterocycles. The largest absolute Gasteiger partial charge is 0.394 e. The minimum atomic E-state index is -1.60. The van der Waals surface area contributed by atoms with E-state index in [2.05, 4.69) is 0 Å². The molecule has 0 unspecified atom stereocenters. The molecular formula is C12H20O10. The highest BCUT2D eigenvalue weighted by atomic mass is 16.8. The van der Waals surface area contributed by atoms with E-state index in [-0.39, 0.29) is 6.61 Å². The van der Waals surface area contributed by atoms with E-state index in [4.69, 9.17) is 24.1 Å². The first-order valence-electron chi connectivity index (χ1n) is 7.03. The van der Waals surface area contributed by atoms with Crippen LogP contribution in [0.1, 0.15) is 0 Å². The fraction of sp³-hybridized carbons (Fsp3) is 1.00. The molecule has 3 aliphatic rings. The minimum absolute atomic E-state index is 0.0842. The van der Waals surface area contributed by atoms with Crippen molar-refractivity contribution in [1.29, 1.82) is 0 Å². The number of hydrogen-bond donors (Lipinski definition) is 6. The summed E-state index contributed by atoms with van der Waals surface area (Å²) in [7, 11) is 0. The van der Waals surface area contributed by atoms with Crippen molar-refractivity contribution in [2.75, 3.05) is 13.2 Å². The van der Waals surface area contributed by atoms with E-state index in [0.717, 1.165) is 0 Å². The molecule has 3 fully saturated rings. The molecule has 22 heavy (non-hydrogen) atoms. The van der Waals surface area contributed by atoms with E-state index in [1.807, 2.05) is 0 Å². The lowest BCUT2D eigenvalue weighted by atomic mass is 9.98. The van der Waals surface area contributed by atoms with Crippen molar-refractivity contribution in [3.05, 3.63) is 0 Å². The summed E-state index contributed by atoms with van der Waals surface area (Å²) in [5, 5.41) is 58.3. The molecule has 6 N–H and O–H groups in total. The van der Waals surface area contributed by atoms with Crippen LogP contribution in [0.25, 0.3) is 0 Å². The molecule has 0 amide bonds. The molecule has 0 aromatic rings. The van der Waals surface area contributed by atoms with Crippen LogP contribution in [0.5, 0.6) is 0 Å². The Bertz CT molecular complexity index is 392. The number of rotatable bonds is 3. The number of fused-ring (bicyclic) bond motifs is 2. The maximum absolute atomic E-state index is 10.0. The van der Waals surface area contributed by atoms with Crippen molar-refractivity contribution in [2.45, 2.75) is 61.4 Å². The van der Waals surface area contributed by atoms with Gasteiger partial charge in [0.15, 0.2) is 12.6 Å². The van der Waals surface area contributed by atoms with Gasteiger partial charge in [0.05, 0.1) is 13.2 Å². The first kappa shape index (κ1) is 16.5. The highest BCUT2D eigenvalue weighted by Gasteiger charge is 2.53. The van der Waals surface area contributed by atoms with E-state index in [1.165, 1.54) is 0 Å². The second-order valence-corrected chi connectivity index (χ2v) is 5.66. The van der Waals surface area contributed by atoms with Gasteiger partial charge in [-0.3, -0.25) is 0 Å². The standard InChI is InChI=1S/C12H20O10/c13-1-3-5(14)6(15)8(17)12(20-3)22-10-4-2-19-11(21-4)9(18)7(10)16/h3-18H,1-2H2/t3-,4-,5+,6-,7+,8+,9-,10+,11+,12-/m0/s1. The summed E-state index contributed by atoms with van der Waals surface area (Å²) in [4.78, 5) is 0. The molecule has 0 spiro atoms. The Morgan fingerprint density at radius 3 is 2.27 bits per heavy atom. The van der Waals surface area contributed by atoms with Crippen LogP contribution in [0.4, 0.5) is 0 Å². The SMILES string of the molecule is OC[C@@H]1O[C@@H](O[C@H]2[C@H](O)[C@H](O)[C@@H]3OC[C@@H]2O3)[C@H](O)[C@@H](O)[C@@H]1O. The van der Waals surface area contributed by atoms with Gasteiger partial charge in [-0.15, -0.1) is 0 Å². The Morgan fingerprint density at radius 2 is 1.59 bits per heavy atom. The molecule has 0 aliphatic carbocycles. The van der Waals surface area contributed by atoms with Crippen LogP contribution in [-0.2, 0) is 18.9 Å². The predicted molar refractivity (Wildman–Crippen MR) is 65.3 cm³/mol. The normalized spacial score (nSPS) is 55.4. The summed E-state index contributed by atoms with van der Waals surface area (Å²) in [6.45, 7) is -0.507. The summed E-state index contributed by atoms with van der Waals surface area (Å²) < 4.78 is 21.1. The van der Waals surface area contributed by atoms with E-state index in [1.54, 1.807) is 0 Å². The number of hydrogen-bond acceptors (Lipinski definition) is 10. The highest BCUT2D eigenvalue weighted by Crippen LogP contribution is 2.32. The van der Waals surface area contributed by atoms with Crippen molar-refractivity contribution < 1.29 is 49.6 Å². The van der Waals surface area contributed by atoms with Crippen LogP contribution in [0, 0.1) is 0 Å². The summed E-state index contributed by atoms with van der Waals surface area (Å²) >= 11 is 0. The first-order chi connectivity index (χ1) is 10.4. The lowest BCUT2D eigenvalue weighted by molar-refractivity contribution is -0.337. The van der Waals surface area contributed by atoms with Gasteiger partial charge >= 0.3 is 0 Å². The Morgan fingerprint density at radius 1 is 0.864 bits per heavy atom.